The van der Waals surface area contributed by atoms with E-state index in [1.165, 1.54) is 0 Å². The van der Waals surface area contributed by atoms with Crippen LogP contribution in [0.4, 0.5) is 0 Å². The van der Waals surface area contributed by atoms with Gasteiger partial charge in [0.15, 0.2) is 0 Å². The predicted octanol–water partition coefficient (Wildman–Crippen LogP) is 3.14. The van der Waals surface area contributed by atoms with Crippen molar-refractivity contribution in [2.45, 2.75) is 25.7 Å². The van der Waals surface area contributed by atoms with E-state index in [4.69, 9.17) is 0 Å². The first kappa shape index (κ1) is 15.5. The van der Waals surface area contributed by atoms with Crippen molar-refractivity contribution < 1.29 is 8.42 Å². The van der Waals surface area contributed by atoms with E-state index in [-0.39, 0.29) is 0 Å². The first-order chi connectivity index (χ1) is 8.73. The van der Waals surface area contributed by atoms with Crippen LogP contribution in [0.5, 0.6) is 0 Å². The third-order valence-corrected chi connectivity index (χ3v) is 4.19. The molecule has 0 saturated heterocycles. The summed E-state index contributed by atoms with van der Waals surface area (Å²) in [5, 5.41) is 0. The summed E-state index contributed by atoms with van der Waals surface area (Å²) in [7, 11) is 0.153. The van der Waals surface area contributed by atoms with Gasteiger partial charge >= 0.3 is 0 Å². The molecule has 0 N–H and O–H groups in total. The molecule has 0 spiro atoms. The Kier molecular flexibility index (Phi) is 4.95. The van der Waals surface area contributed by atoms with E-state index >= 15 is 0 Å². The summed E-state index contributed by atoms with van der Waals surface area (Å²) in [5.74, 6) is 0. The van der Waals surface area contributed by atoms with Crippen LogP contribution in [0, 0.1) is 6.92 Å². The molecular formula is C15H21NO2S. The number of hydrogen-bond acceptors (Lipinski definition) is 3. The molecule has 0 aliphatic heterocycles. The van der Waals surface area contributed by atoms with Gasteiger partial charge in [-0.1, -0.05) is 23.3 Å². The highest BCUT2D eigenvalue weighted by Gasteiger charge is 2.19. The molecule has 4 heteroatoms. The SMILES string of the molecule is CC(C)=C/C(=C\N(C)C)S(=O)(=O)c1ccc(C)cc1. The van der Waals surface area contributed by atoms with Crippen molar-refractivity contribution in [3.63, 3.8) is 0 Å². The minimum atomic E-state index is -3.46. The Morgan fingerprint density at radius 2 is 1.63 bits per heavy atom. The van der Waals surface area contributed by atoms with Crippen LogP contribution in [0.25, 0.3) is 0 Å². The van der Waals surface area contributed by atoms with Crippen molar-refractivity contribution in [3.8, 4) is 0 Å². The number of rotatable bonds is 4. The van der Waals surface area contributed by atoms with Crippen molar-refractivity contribution in [3.05, 3.63) is 52.6 Å². The fraction of sp³-hybridized carbons (Fsp3) is 0.333. The number of sulfone groups is 1. The van der Waals surface area contributed by atoms with Gasteiger partial charge in [-0.2, -0.15) is 0 Å². The molecule has 0 heterocycles. The average molecular weight is 279 g/mol. The van der Waals surface area contributed by atoms with E-state index in [1.807, 2.05) is 47.0 Å². The van der Waals surface area contributed by atoms with Crippen LogP contribution in [0.1, 0.15) is 19.4 Å². The van der Waals surface area contributed by atoms with E-state index in [2.05, 4.69) is 0 Å². The highest BCUT2D eigenvalue weighted by atomic mass is 32.2. The predicted molar refractivity (Wildman–Crippen MR) is 79.6 cm³/mol. The zero-order valence-electron chi connectivity index (χ0n) is 12.1. The van der Waals surface area contributed by atoms with E-state index in [9.17, 15) is 8.42 Å². The molecule has 0 amide bonds. The lowest BCUT2D eigenvalue weighted by molar-refractivity contribution is 0.558. The first-order valence-electron chi connectivity index (χ1n) is 6.08. The molecular weight excluding hydrogens is 258 g/mol. The molecule has 0 bridgehead atoms. The van der Waals surface area contributed by atoms with Gasteiger partial charge in [0.1, 0.15) is 0 Å². The summed E-state index contributed by atoms with van der Waals surface area (Å²) in [6.45, 7) is 5.70. The Morgan fingerprint density at radius 1 is 1.11 bits per heavy atom. The highest BCUT2D eigenvalue weighted by Crippen LogP contribution is 2.22. The third-order valence-electron chi connectivity index (χ3n) is 2.46. The Morgan fingerprint density at radius 3 is 2.05 bits per heavy atom. The zero-order chi connectivity index (χ0) is 14.6. The summed E-state index contributed by atoms with van der Waals surface area (Å²) in [6, 6.07) is 6.91. The maximum atomic E-state index is 12.6. The Labute approximate surface area is 116 Å². The van der Waals surface area contributed by atoms with Gasteiger partial charge in [-0.15, -0.1) is 0 Å². The normalized spacial score (nSPS) is 12.2. The first-order valence-corrected chi connectivity index (χ1v) is 7.56. The monoisotopic (exact) mass is 279 g/mol. The molecule has 104 valence electrons. The molecule has 1 aromatic carbocycles. The summed E-state index contributed by atoms with van der Waals surface area (Å²) in [4.78, 5) is 2.37. The maximum absolute atomic E-state index is 12.6. The van der Waals surface area contributed by atoms with Gasteiger partial charge in [-0.05, 0) is 39.0 Å². The van der Waals surface area contributed by atoms with E-state index in [0.717, 1.165) is 11.1 Å². The number of benzene rings is 1. The van der Waals surface area contributed by atoms with Crippen LogP contribution in [0.2, 0.25) is 0 Å². The lowest BCUT2D eigenvalue weighted by Crippen LogP contribution is -2.09. The number of nitrogens with zero attached hydrogens (tertiary/aromatic N) is 1. The highest BCUT2D eigenvalue weighted by molar-refractivity contribution is 7.95. The van der Waals surface area contributed by atoms with E-state index in [1.54, 1.807) is 29.3 Å². The molecule has 0 fully saturated rings. The molecule has 0 aliphatic carbocycles. The zero-order valence-corrected chi connectivity index (χ0v) is 13.0. The van der Waals surface area contributed by atoms with Gasteiger partial charge in [0.25, 0.3) is 0 Å². The second-order valence-corrected chi connectivity index (χ2v) is 6.98. The average Bonchev–Trinajstić information content (AvgIpc) is 2.27. The van der Waals surface area contributed by atoms with Gasteiger partial charge in [-0.25, -0.2) is 8.42 Å². The Bertz CT molecular complexity index is 590. The molecule has 1 rings (SSSR count). The van der Waals surface area contributed by atoms with Crippen LogP contribution >= 0.6 is 0 Å². The Balaban J connectivity index is 3.36. The second-order valence-electron chi connectivity index (χ2n) is 5.03. The van der Waals surface area contributed by atoms with Crippen molar-refractivity contribution >= 4 is 9.84 Å². The van der Waals surface area contributed by atoms with Gasteiger partial charge in [0.2, 0.25) is 9.84 Å². The van der Waals surface area contributed by atoms with Crippen LogP contribution < -0.4 is 0 Å². The third kappa shape index (κ3) is 4.24. The summed E-state index contributed by atoms with van der Waals surface area (Å²) in [5.41, 5.74) is 1.99. The standard InChI is InChI=1S/C15H21NO2S/c1-12(2)10-15(11-16(4)5)19(17,18)14-8-6-13(3)7-9-14/h6-11H,1-5H3/b15-11+. The lowest BCUT2D eigenvalue weighted by atomic mass is 10.2. The minimum Gasteiger partial charge on any atom is -0.382 e. The van der Waals surface area contributed by atoms with Crippen LogP contribution in [0.15, 0.2) is 51.9 Å². The van der Waals surface area contributed by atoms with E-state index in [0.29, 0.717) is 9.80 Å². The van der Waals surface area contributed by atoms with Gasteiger partial charge in [0.05, 0.1) is 9.80 Å². The quantitative estimate of drug-likeness (QED) is 0.795. The summed E-state index contributed by atoms with van der Waals surface area (Å²) >= 11 is 0. The largest absolute Gasteiger partial charge is 0.382 e. The molecule has 0 atom stereocenters. The smallest absolute Gasteiger partial charge is 0.208 e. The Hall–Kier alpha value is -1.55. The molecule has 3 nitrogen and oxygen atoms in total. The van der Waals surface area contributed by atoms with Crippen molar-refractivity contribution in [2.24, 2.45) is 0 Å². The van der Waals surface area contributed by atoms with Crippen LogP contribution in [-0.2, 0) is 9.84 Å². The molecule has 1 aromatic rings. The molecule has 0 saturated carbocycles. The summed E-state index contributed by atoms with van der Waals surface area (Å²) < 4.78 is 25.2. The maximum Gasteiger partial charge on any atom is 0.208 e. The fourth-order valence-corrected chi connectivity index (χ4v) is 3.08. The molecule has 0 radical (unpaired) electrons. The molecule has 0 aromatic heterocycles. The molecule has 0 aliphatic rings. The summed E-state index contributed by atoms with van der Waals surface area (Å²) in [6.07, 6.45) is 3.32. The van der Waals surface area contributed by atoms with Gasteiger partial charge in [-0.3, -0.25) is 0 Å². The van der Waals surface area contributed by atoms with Crippen molar-refractivity contribution in [1.29, 1.82) is 0 Å². The number of hydrogen-bond donors (Lipinski definition) is 0. The number of aryl methyl sites for hydroxylation is 1. The van der Waals surface area contributed by atoms with Gasteiger partial charge < -0.3 is 4.90 Å². The molecule has 0 unspecified atom stereocenters. The van der Waals surface area contributed by atoms with Gasteiger partial charge in [0, 0.05) is 20.3 Å². The second kappa shape index (κ2) is 6.06. The lowest BCUT2D eigenvalue weighted by Gasteiger charge is -2.11. The van der Waals surface area contributed by atoms with Crippen molar-refractivity contribution in [2.75, 3.05) is 14.1 Å². The van der Waals surface area contributed by atoms with Crippen molar-refractivity contribution in [1.82, 2.24) is 4.90 Å². The molecule has 19 heavy (non-hydrogen) atoms. The minimum absolute atomic E-state index is 0.307. The topological polar surface area (TPSA) is 37.4 Å². The van der Waals surface area contributed by atoms with E-state index < -0.39 is 9.84 Å². The van der Waals surface area contributed by atoms with Crippen LogP contribution in [0.3, 0.4) is 0 Å². The number of allylic oxidation sites excluding steroid dienone is 2. The van der Waals surface area contributed by atoms with Crippen LogP contribution in [-0.4, -0.2) is 27.4 Å². The fourth-order valence-electron chi connectivity index (χ4n) is 1.58.